The second-order valence-corrected chi connectivity index (χ2v) is 8.27. The third kappa shape index (κ3) is 3.31. The molecule has 2 fully saturated rings. The second kappa shape index (κ2) is 6.64. The zero-order valence-electron chi connectivity index (χ0n) is 15.1. The molecule has 1 N–H and O–H groups in total. The number of carbonyl (C=O) groups excluding carboxylic acids is 1. The normalized spacial score (nSPS) is 17.6. The van der Waals surface area contributed by atoms with Gasteiger partial charge in [-0.1, -0.05) is 0 Å². The van der Waals surface area contributed by atoms with Crippen LogP contribution in [0.1, 0.15) is 35.7 Å². The first-order chi connectivity index (χ1) is 13.2. The Morgan fingerprint density at radius 2 is 1.93 bits per heavy atom. The van der Waals surface area contributed by atoms with Gasteiger partial charge in [-0.25, -0.2) is 9.59 Å². The number of nitrogens with one attached hydrogen (secondary N) is 1. The molecular weight excluding hydrogens is 397 g/mol. The van der Waals surface area contributed by atoms with E-state index in [1.165, 1.54) is 0 Å². The number of urea groups is 1. The lowest BCUT2D eigenvalue weighted by atomic mass is 10.2. The maximum Gasteiger partial charge on any atom is 0.390 e. The topological polar surface area (TPSA) is 76.3 Å². The smallest absolute Gasteiger partial charge is 0.336 e. The van der Waals surface area contributed by atoms with Crippen molar-refractivity contribution >= 4 is 27.6 Å². The fourth-order valence-corrected chi connectivity index (χ4v) is 4.82. The summed E-state index contributed by atoms with van der Waals surface area (Å²) in [4.78, 5) is 40.1. The van der Waals surface area contributed by atoms with Crippen molar-refractivity contribution in [3.8, 4) is 0 Å². The van der Waals surface area contributed by atoms with E-state index in [1.54, 1.807) is 11.8 Å². The fraction of sp³-hybridized carbons (Fsp3) is 0.588. The van der Waals surface area contributed by atoms with Crippen LogP contribution in [0.15, 0.2) is 9.59 Å². The molecule has 1 saturated carbocycles. The Hall–Kier alpha value is -2.30. The zero-order valence-corrected chi connectivity index (χ0v) is 16.0. The Bertz CT molecular complexity index is 1060. The number of rotatable bonds is 5. The van der Waals surface area contributed by atoms with Crippen LogP contribution in [-0.2, 0) is 13.1 Å². The van der Waals surface area contributed by atoms with E-state index in [1.807, 2.05) is 0 Å². The number of aromatic nitrogens is 2. The summed E-state index contributed by atoms with van der Waals surface area (Å²) in [5.41, 5.74) is -0.507. The maximum absolute atomic E-state index is 13.0. The van der Waals surface area contributed by atoms with Gasteiger partial charge in [0, 0.05) is 30.6 Å². The molecule has 28 heavy (non-hydrogen) atoms. The van der Waals surface area contributed by atoms with E-state index in [2.05, 4.69) is 5.32 Å². The molecule has 2 aromatic rings. The predicted molar refractivity (Wildman–Crippen MR) is 97.8 cm³/mol. The van der Waals surface area contributed by atoms with Gasteiger partial charge in [-0.2, -0.15) is 13.2 Å². The fourth-order valence-electron chi connectivity index (χ4n) is 3.49. The summed E-state index contributed by atoms with van der Waals surface area (Å²) < 4.78 is 40.6. The third-order valence-corrected chi connectivity index (χ3v) is 6.45. The second-order valence-electron chi connectivity index (χ2n) is 7.19. The minimum atomic E-state index is -4.41. The lowest BCUT2D eigenvalue weighted by molar-refractivity contribution is -0.136. The van der Waals surface area contributed by atoms with Crippen molar-refractivity contribution in [2.45, 2.75) is 51.5 Å². The average Bonchev–Trinajstić information content (AvgIpc) is 3.27. The number of carbonyl (C=O) groups is 1. The highest BCUT2D eigenvalue weighted by atomic mass is 32.1. The first-order valence-corrected chi connectivity index (χ1v) is 9.86. The Labute approximate surface area is 161 Å². The van der Waals surface area contributed by atoms with Gasteiger partial charge in [-0.3, -0.25) is 13.9 Å². The van der Waals surface area contributed by atoms with E-state index < -0.39 is 30.4 Å². The van der Waals surface area contributed by atoms with Crippen molar-refractivity contribution in [1.29, 1.82) is 0 Å². The average molecular weight is 416 g/mol. The molecule has 152 valence electrons. The molecular formula is C17H19F3N4O3S. The molecule has 0 aromatic carbocycles. The monoisotopic (exact) mass is 416 g/mol. The lowest BCUT2D eigenvalue weighted by Crippen LogP contribution is -2.39. The summed E-state index contributed by atoms with van der Waals surface area (Å²) in [7, 11) is 0. The number of hydrogen-bond acceptors (Lipinski definition) is 4. The van der Waals surface area contributed by atoms with Crippen molar-refractivity contribution in [2.75, 3.05) is 13.1 Å². The van der Waals surface area contributed by atoms with Crippen molar-refractivity contribution in [3.05, 3.63) is 31.3 Å². The highest BCUT2D eigenvalue weighted by Crippen LogP contribution is 2.35. The molecule has 0 spiro atoms. The maximum atomic E-state index is 13.0. The van der Waals surface area contributed by atoms with Gasteiger partial charge in [0.2, 0.25) is 0 Å². The highest BCUT2D eigenvalue weighted by Gasteiger charge is 2.33. The number of aryl methyl sites for hydroxylation is 2. The Kier molecular flexibility index (Phi) is 4.52. The summed E-state index contributed by atoms with van der Waals surface area (Å²) in [5.74, 6) is 0. The van der Waals surface area contributed by atoms with Gasteiger partial charge in [0.05, 0.1) is 18.4 Å². The molecule has 0 atom stereocenters. The Morgan fingerprint density at radius 1 is 1.21 bits per heavy atom. The van der Waals surface area contributed by atoms with E-state index in [0.29, 0.717) is 36.4 Å². The molecule has 2 aliphatic rings. The molecule has 1 saturated heterocycles. The van der Waals surface area contributed by atoms with Crippen molar-refractivity contribution in [1.82, 2.24) is 19.4 Å². The number of fused-ring (bicyclic) bond motifs is 1. The van der Waals surface area contributed by atoms with Gasteiger partial charge in [-0.05, 0) is 25.3 Å². The van der Waals surface area contributed by atoms with Crippen LogP contribution in [0.4, 0.5) is 18.0 Å². The van der Waals surface area contributed by atoms with E-state index in [4.69, 9.17) is 0 Å². The first kappa shape index (κ1) is 19.0. The van der Waals surface area contributed by atoms with Gasteiger partial charge in [0.15, 0.2) is 0 Å². The molecule has 3 heterocycles. The minimum absolute atomic E-state index is 0.221. The van der Waals surface area contributed by atoms with E-state index in [0.717, 1.165) is 20.5 Å². The molecule has 7 nitrogen and oxygen atoms in total. The van der Waals surface area contributed by atoms with Crippen LogP contribution in [0.5, 0.6) is 0 Å². The SMILES string of the molecule is Cc1c(CN2CCNC2=O)sc2c1c(=O)n(C1CC1)c(=O)n2CCC(F)(F)F. The molecule has 11 heteroatoms. The van der Waals surface area contributed by atoms with Crippen LogP contribution in [0, 0.1) is 6.92 Å². The van der Waals surface area contributed by atoms with Crippen LogP contribution in [0.25, 0.3) is 10.2 Å². The summed E-state index contributed by atoms with van der Waals surface area (Å²) in [5, 5.41) is 2.98. The quantitative estimate of drug-likeness (QED) is 0.813. The molecule has 0 bridgehead atoms. The number of alkyl halides is 3. The van der Waals surface area contributed by atoms with Crippen LogP contribution in [-0.4, -0.2) is 39.3 Å². The summed E-state index contributed by atoms with van der Waals surface area (Å²) in [6, 6.07) is -0.463. The van der Waals surface area contributed by atoms with Gasteiger partial charge in [0.1, 0.15) is 4.83 Å². The predicted octanol–water partition coefficient (Wildman–Crippen LogP) is 2.35. The number of halogens is 3. The molecule has 0 radical (unpaired) electrons. The van der Waals surface area contributed by atoms with E-state index >= 15 is 0 Å². The van der Waals surface area contributed by atoms with Gasteiger partial charge in [0.25, 0.3) is 5.56 Å². The Morgan fingerprint density at radius 3 is 2.50 bits per heavy atom. The van der Waals surface area contributed by atoms with Crippen LogP contribution in [0.2, 0.25) is 0 Å². The van der Waals surface area contributed by atoms with Gasteiger partial charge >= 0.3 is 17.9 Å². The third-order valence-electron chi connectivity index (χ3n) is 5.15. The molecule has 1 aliphatic heterocycles. The van der Waals surface area contributed by atoms with Gasteiger partial charge < -0.3 is 10.2 Å². The lowest BCUT2D eigenvalue weighted by Gasteiger charge is -2.12. The first-order valence-electron chi connectivity index (χ1n) is 9.04. The van der Waals surface area contributed by atoms with Crippen molar-refractivity contribution < 1.29 is 18.0 Å². The number of amides is 2. The molecule has 0 unspecified atom stereocenters. The minimum Gasteiger partial charge on any atom is -0.336 e. The van der Waals surface area contributed by atoms with Crippen LogP contribution < -0.4 is 16.6 Å². The number of hydrogen-bond donors (Lipinski definition) is 1. The molecule has 2 amide bonds. The molecule has 2 aromatic heterocycles. The van der Waals surface area contributed by atoms with E-state index in [-0.39, 0.29) is 28.8 Å². The Balaban J connectivity index is 1.85. The summed E-state index contributed by atoms with van der Waals surface area (Å²) in [6.45, 7) is 2.48. The van der Waals surface area contributed by atoms with Crippen LogP contribution >= 0.6 is 11.3 Å². The summed E-state index contributed by atoms with van der Waals surface area (Å²) in [6.07, 6.45) is -4.21. The largest absolute Gasteiger partial charge is 0.390 e. The number of thiophene rings is 1. The van der Waals surface area contributed by atoms with Gasteiger partial charge in [-0.15, -0.1) is 11.3 Å². The van der Waals surface area contributed by atoms with Crippen LogP contribution in [0.3, 0.4) is 0 Å². The summed E-state index contributed by atoms with van der Waals surface area (Å²) >= 11 is 1.12. The highest BCUT2D eigenvalue weighted by molar-refractivity contribution is 7.18. The van der Waals surface area contributed by atoms with Crippen molar-refractivity contribution in [2.24, 2.45) is 0 Å². The van der Waals surface area contributed by atoms with Crippen molar-refractivity contribution in [3.63, 3.8) is 0 Å². The zero-order chi connectivity index (χ0) is 20.2. The van der Waals surface area contributed by atoms with E-state index in [9.17, 15) is 27.6 Å². The molecule has 4 rings (SSSR count). The number of nitrogens with zero attached hydrogens (tertiary/aromatic N) is 3. The molecule has 1 aliphatic carbocycles. The standard InChI is InChI=1S/C17H19F3N4O3S/c1-9-11(8-22-7-5-21-15(22)26)28-14-12(9)13(25)24(10-2-3-10)16(27)23(14)6-4-17(18,19)20/h10H,2-8H2,1H3,(H,21,26).